The molecule has 0 radical (unpaired) electrons. The Kier molecular flexibility index (Phi) is 10.9. The van der Waals surface area contributed by atoms with E-state index in [-0.39, 0.29) is 17.3 Å². The SMILES string of the molecule is CCNC(=O)C(CC)N(CCc1ccccc1)C(=O)CN(c1ccccc1)S(=O)(=O)c1ccc(OCC)cc1. The summed E-state index contributed by atoms with van der Waals surface area (Å²) >= 11 is 0. The van der Waals surface area contributed by atoms with Gasteiger partial charge in [0.15, 0.2) is 0 Å². The van der Waals surface area contributed by atoms with Crippen molar-refractivity contribution in [2.24, 2.45) is 0 Å². The zero-order valence-electron chi connectivity index (χ0n) is 22.7. The van der Waals surface area contributed by atoms with Gasteiger partial charge < -0.3 is 15.0 Å². The number of nitrogens with zero attached hydrogens (tertiary/aromatic N) is 2. The average Bonchev–Trinajstić information content (AvgIpc) is 2.95. The summed E-state index contributed by atoms with van der Waals surface area (Å²) < 4.78 is 34.3. The molecule has 39 heavy (non-hydrogen) atoms. The van der Waals surface area contributed by atoms with Crippen molar-refractivity contribution in [3.63, 3.8) is 0 Å². The molecule has 0 saturated heterocycles. The first-order valence-electron chi connectivity index (χ1n) is 13.2. The highest BCUT2D eigenvalue weighted by Crippen LogP contribution is 2.26. The second kappa shape index (κ2) is 14.3. The number of sulfonamides is 1. The first kappa shape index (κ1) is 29.7. The van der Waals surface area contributed by atoms with Gasteiger partial charge in [-0.05, 0) is 68.7 Å². The van der Waals surface area contributed by atoms with Crippen LogP contribution in [0.2, 0.25) is 0 Å². The Bertz CT molecular complexity index is 1300. The fourth-order valence-electron chi connectivity index (χ4n) is 4.31. The molecule has 0 aliphatic carbocycles. The fraction of sp³-hybridized carbons (Fsp3) is 0.333. The molecule has 3 aromatic carbocycles. The number of carbonyl (C=O) groups is 2. The standard InChI is InChI=1S/C30H37N3O5S/c1-4-28(30(35)31-5-2)32(22-21-24-13-9-7-10-14-24)29(34)23-33(25-15-11-8-12-16-25)39(36,37)27-19-17-26(18-20-27)38-6-3/h7-20,28H,4-6,21-23H2,1-3H3,(H,31,35). The zero-order chi connectivity index (χ0) is 28.3. The molecule has 1 atom stereocenters. The summed E-state index contributed by atoms with van der Waals surface area (Å²) in [7, 11) is -4.11. The molecular formula is C30H37N3O5S. The summed E-state index contributed by atoms with van der Waals surface area (Å²) in [6, 6.07) is 23.6. The molecule has 0 aromatic heterocycles. The third-order valence-corrected chi connectivity index (χ3v) is 8.05. The Labute approximate surface area is 231 Å². The van der Waals surface area contributed by atoms with Crippen LogP contribution >= 0.6 is 0 Å². The number of hydrogen-bond donors (Lipinski definition) is 1. The molecule has 9 heteroatoms. The molecule has 0 bridgehead atoms. The molecule has 3 rings (SSSR count). The predicted octanol–water partition coefficient (Wildman–Crippen LogP) is 4.27. The van der Waals surface area contributed by atoms with E-state index in [0.717, 1.165) is 9.87 Å². The van der Waals surface area contributed by atoms with Crippen molar-refractivity contribution in [2.75, 3.05) is 30.5 Å². The molecule has 8 nitrogen and oxygen atoms in total. The minimum Gasteiger partial charge on any atom is -0.494 e. The van der Waals surface area contributed by atoms with Gasteiger partial charge in [-0.25, -0.2) is 8.42 Å². The van der Waals surface area contributed by atoms with Gasteiger partial charge in [0.2, 0.25) is 11.8 Å². The highest BCUT2D eigenvalue weighted by atomic mass is 32.2. The number of anilines is 1. The van der Waals surface area contributed by atoms with Crippen LogP contribution in [0.25, 0.3) is 0 Å². The van der Waals surface area contributed by atoms with Gasteiger partial charge >= 0.3 is 0 Å². The number of amides is 2. The van der Waals surface area contributed by atoms with Crippen LogP contribution in [0.5, 0.6) is 5.75 Å². The van der Waals surface area contributed by atoms with Gasteiger partial charge in [0.25, 0.3) is 10.0 Å². The Morgan fingerprint density at radius 3 is 2.05 bits per heavy atom. The maximum Gasteiger partial charge on any atom is 0.264 e. The Hall–Kier alpha value is -3.85. The van der Waals surface area contributed by atoms with Gasteiger partial charge in [0.1, 0.15) is 18.3 Å². The minimum absolute atomic E-state index is 0.0363. The normalized spacial score (nSPS) is 11.9. The van der Waals surface area contributed by atoms with Gasteiger partial charge in [0.05, 0.1) is 17.2 Å². The number of likely N-dealkylation sites (N-methyl/N-ethyl adjacent to an activating group) is 1. The maximum absolute atomic E-state index is 13.9. The van der Waals surface area contributed by atoms with E-state index < -0.39 is 28.5 Å². The van der Waals surface area contributed by atoms with Crippen LogP contribution in [0.3, 0.4) is 0 Å². The second-order valence-electron chi connectivity index (χ2n) is 8.89. The van der Waals surface area contributed by atoms with Crippen molar-refractivity contribution in [3.8, 4) is 5.75 Å². The van der Waals surface area contributed by atoms with Crippen molar-refractivity contribution in [2.45, 2.75) is 44.6 Å². The molecule has 0 aliphatic heterocycles. The van der Waals surface area contributed by atoms with Crippen molar-refractivity contribution in [1.82, 2.24) is 10.2 Å². The van der Waals surface area contributed by atoms with Crippen LogP contribution in [0.15, 0.2) is 89.8 Å². The molecule has 1 unspecified atom stereocenters. The van der Waals surface area contributed by atoms with E-state index in [4.69, 9.17) is 4.74 Å². The maximum atomic E-state index is 13.9. The molecule has 2 amide bonds. The molecule has 0 saturated carbocycles. The van der Waals surface area contributed by atoms with E-state index in [1.165, 1.54) is 17.0 Å². The van der Waals surface area contributed by atoms with Gasteiger partial charge in [0, 0.05) is 13.1 Å². The average molecular weight is 552 g/mol. The Balaban J connectivity index is 1.97. The molecule has 0 fully saturated rings. The van der Waals surface area contributed by atoms with Crippen molar-refractivity contribution in [1.29, 1.82) is 0 Å². The summed E-state index contributed by atoms with van der Waals surface area (Å²) in [6.07, 6.45) is 0.919. The lowest BCUT2D eigenvalue weighted by Crippen LogP contribution is -2.53. The lowest BCUT2D eigenvalue weighted by molar-refractivity contribution is -0.139. The third-order valence-electron chi connectivity index (χ3n) is 6.27. The summed E-state index contributed by atoms with van der Waals surface area (Å²) in [5.74, 6) is -0.164. The summed E-state index contributed by atoms with van der Waals surface area (Å²) in [4.78, 5) is 28.4. The lowest BCUT2D eigenvalue weighted by atomic mass is 10.1. The molecule has 208 valence electrons. The van der Waals surface area contributed by atoms with Gasteiger partial charge in [-0.1, -0.05) is 55.5 Å². The summed E-state index contributed by atoms with van der Waals surface area (Å²) in [5.41, 5.74) is 1.37. The van der Waals surface area contributed by atoms with Crippen LogP contribution in [-0.2, 0) is 26.0 Å². The van der Waals surface area contributed by atoms with E-state index in [1.54, 1.807) is 42.5 Å². The van der Waals surface area contributed by atoms with E-state index in [1.807, 2.05) is 51.1 Å². The molecule has 3 aromatic rings. The van der Waals surface area contributed by atoms with Gasteiger partial charge in [-0.3, -0.25) is 13.9 Å². The van der Waals surface area contributed by atoms with Gasteiger partial charge in [-0.2, -0.15) is 0 Å². The molecular weight excluding hydrogens is 514 g/mol. The number of nitrogens with one attached hydrogen (secondary N) is 1. The number of ether oxygens (including phenoxy) is 1. The molecule has 0 aliphatic rings. The van der Waals surface area contributed by atoms with E-state index in [0.29, 0.717) is 37.4 Å². The topological polar surface area (TPSA) is 96.0 Å². The predicted molar refractivity (Wildman–Crippen MR) is 153 cm³/mol. The number of rotatable bonds is 14. The molecule has 0 spiro atoms. The van der Waals surface area contributed by atoms with E-state index in [9.17, 15) is 18.0 Å². The number of para-hydroxylation sites is 1. The first-order chi connectivity index (χ1) is 18.8. The highest BCUT2D eigenvalue weighted by molar-refractivity contribution is 7.92. The quantitative estimate of drug-likeness (QED) is 0.323. The van der Waals surface area contributed by atoms with Crippen LogP contribution in [0.4, 0.5) is 5.69 Å². The zero-order valence-corrected chi connectivity index (χ0v) is 23.6. The van der Waals surface area contributed by atoms with Crippen LogP contribution in [0, 0.1) is 0 Å². The van der Waals surface area contributed by atoms with Crippen LogP contribution in [0.1, 0.15) is 32.8 Å². The van der Waals surface area contributed by atoms with Crippen LogP contribution in [-0.4, -0.2) is 57.4 Å². The van der Waals surface area contributed by atoms with Crippen molar-refractivity contribution >= 4 is 27.5 Å². The third kappa shape index (κ3) is 7.83. The summed E-state index contributed by atoms with van der Waals surface area (Å²) in [6.45, 7) is 6.21. The smallest absolute Gasteiger partial charge is 0.264 e. The molecule has 1 N–H and O–H groups in total. The first-order valence-corrected chi connectivity index (χ1v) is 14.7. The number of benzene rings is 3. The van der Waals surface area contributed by atoms with Crippen molar-refractivity contribution < 1.29 is 22.7 Å². The minimum atomic E-state index is -4.11. The Morgan fingerprint density at radius 2 is 1.49 bits per heavy atom. The number of hydrogen-bond acceptors (Lipinski definition) is 5. The number of carbonyl (C=O) groups excluding carboxylic acids is 2. The van der Waals surface area contributed by atoms with Gasteiger partial charge in [-0.15, -0.1) is 0 Å². The second-order valence-corrected chi connectivity index (χ2v) is 10.8. The summed E-state index contributed by atoms with van der Waals surface area (Å²) in [5, 5.41) is 2.81. The van der Waals surface area contributed by atoms with E-state index >= 15 is 0 Å². The van der Waals surface area contributed by atoms with Crippen molar-refractivity contribution in [3.05, 3.63) is 90.5 Å². The monoisotopic (exact) mass is 551 g/mol. The lowest BCUT2D eigenvalue weighted by Gasteiger charge is -2.33. The largest absolute Gasteiger partial charge is 0.494 e. The highest BCUT2D eigenvalue weighted by Gasteiger charge is 2.33. The molecule has 0 heterocycles. The van der Waals surface area contributed by atoms with E-state index in [2.05, 4.69) is 5.32 Å². The van der Waals surface area contributed by atoms with Crippen LogP contribution < -0.4 is 14.4 Å². The fourth-order valence-corrected chi connectivity index (χ4v) is 5.73. The Morgan fingerprint density at radius 1 is 0.872 bits per heavy atom.